The summed E-state index contributed by atoms with van der Waals surface area (Å²) in [5.41, 5.74) is 1.17. The van der Waals surface area contributed by atoms with Crippen LogP contribution in [0, 0.1) is 5.82 Å². The molecule has 11 heteroatoms. The predicted molar refractivity (Wildman–Crippen MR) is 167 cm³/mol. The summed E-state index contributed by atoms with van der Waals surface area (Å²) in [5.74, 6) is -1.09. The third-order valence-corrected chi connectivity index (χ3v) is 8.10. The fourth-order valence-corrected chi connectivity index (χ4v) is 5.86. The molecule has 1 N–H and O–H groups in total. The van der Waals surface area contributed by atoms with Crippen molar-refractivity contribution in [2.75, 3.05) is 17.1 Å². The third kappa shape index (κ3) is 10.00. The highest BCUT2D eigenvalue weighted by atomic mass is 35.5. The van der Waals surface area contributed by atoms with Gasteiger partial charge in [-0.25, -0.2) is 12.8 Å². The van der Waals surface area contributed by atoms with Crippen LogP contribution in [0.15, 0.2) is 72.8 Å². The van der Waals surface area contributed by atoms with Crippen LogP contribution in [-0.2, 0) is 32.6 Å². The smallest absolute Gasteiger partial charge is 0.243 e. The topological polar surface area (TPSA) is 86.8 Å². The second kappa shape index (κ2) is 14.4. The first-order valence-corrected chi connectivity index (χ1v) is 16.1. The molecular formula is C31H36Cl2FN3O4S. The van der Waals surface area contributed by atoms with Gasteiger partial charge in [0.05, 0.1) is 17.0 Å². The highest BCUT2D eigenvalue weighted by molar-refractivity contribution is 7.92. The molecule has 226 valence electrons. The van der Waals surface area contributed by atoms with Gasteiger partial charge < -0.3 is 10.2 Å². The molecule has 0 heterocycles. The zero-order valence-electron chi connectivity index (χ0n) is 24.1. The van der Waals surface area contributed by atoms with Gasteiger partial charge in [0, 0.05) is 36.5 Å². The Morgan fingerprint density at radius 2 is 1.60 bits per heavy atom. The van der Waals surface area contributed by atoms with Crippen molar-refractivity contribution in [3.8, 4) is 0 Å². The molecule has 0 bridgehead atoms. The van der Waals surface area contributed by atoms with Gasteiger partial charge in [-0.3, -0.25) is 13.9 Å². The van der Waals surface area contributed by atoms with Crippen LogP contribution in [0.1, 0.15) is 44.7 Å². The van der Waals surface area contributed by atoms with Crippen molar-refractivity contribution in [1.29, 1.82) is 0 Å². The van der Waals surface area contributed by atoms with E-state index < -0.39 is 27.4 Å². The van der Waals surface area contributed by atoms with Gasteiger partial charge >= 0.3 is 0 Å². The Morgan fingerprint density at radius 3 is 2.19 bits per heavy atom. The van der Waals surface area contributed by atoms with E-state index in [0.717, 1.165) is 16.1 Å². The minimum Gasteiger partial charge on any atom is -0.350 e. The summed E-state index contributed by atoms with van der Waals surface area (Å²) in [6.07, 6.45) is 1.40. The average Bonchev–Trinajstić information content (AvgIpc) is 2.90. The number of sulfonamides is 1. The van der Waals surface area contributed by atoms with Gasteiger partial charge in [-0.1, -0.05) is 65.7 Å². The van der Waals surface area contributed by atoms with Gasteiger partial charge in [0.1, 0.15) is 11.9 Å². The zero-order valence-corrected chi connectivity index (χ0v) is 26.4. The van der Waals surface area contributed by atoms with Crippen molar-refractivity contribution >= 4 is 50.7 Å². The Hall–Kier alpha value is -3.14. The first-order valence-electron chi connectivity index (χ1n) is 13.5. The lowest BCUT2D eigenvalue weighted by atomic mass is 10.00. The molecule has 0 radical (unpaired) electrons. The van der Waals surface area contributed by atoms with Gasteiger partial charge in [-0.2, -0.15) is 0 Å². The van der Waals surface area contributed by atoms with Crippen molar-refractivity contribution in [1.82, 2.24) is 10.2 Å². The Morgan fingerprint density at radius 1 is 0.952 bits per heavy atom. The number of hydrogen-bond acceptors (Lipinski definition) is 4. The van der Waals surface area contributed by atoms with Crippen LogP contribution >= 0.6 is 23.2 Å². The number of hydrogen-bond donors (Lipinski definition) is 1. The van der Waals surface area contributed by atoms with Crippen LogP contribution < -0.4 is 9.62 Å². The van der Waals surface area contributed by atoms with E-state index in [4.69, 9.17) is 23.2 Å². The molecule has 0 aliphatic rings. The molecule has 7 nitrogen and oxygen atoms in total. The van der Waals surface area contributed by atoms with E-state index in [-0.39, 0.29) is 54.9 Å². The van der Waals surface area contributed by atoms with Crippen LogP contribution in [0.5, 0.6) is 0 Å². The summed E-state index contributed by atoms with van der Waals surface area (Å²) in [4.78, 5) is 29.0. The summed E-state index contributed by atoms with van der Waals surface area (Å²) in [5, 5.41) is 3.51. The molecule has 0 aromatic heterocycles. The van der Waals surface area contributed by atoms with Gasteiger partial charge in [-0.15, -0.1) is 0 Å². The largest absolute Gasteiger partial charge is 0.350 e. The number of amides is 2. The molecular weight excluding hydrogens is 600 g/mol. The van der Waals surface area contributed by atoms with Crippen LogP contribution in [0.2, 0.25) is 10.0 Å². The molecule has 42 heavy (non-hydrogen) atoms. The summed E-state index contributed by atoms with van der Waals surface area (Å²) >= 11 is 12.4. The Labute approximate surface area is 257 Å². The molecule has 1 atom stereocenters. The Balaban J connectivity index is 1.92. The molecule has 0 aliphatic carbocycles. The highest BCUT2D eigenvalue weighted by Gasteiger charge is 2.32. The fourth-order valence-electron chi connectivity index (χ4n) is 4.45. The van der Waals surface area contributed by atoms with E-state index in [1.165, 1.54) is 29.2 Å². The maximum absolute atomic E-state index is 13.9. The quantitative estimate of drug-likeness (QED) is 0.255. The number of carbonyl (C=O) groups excluding carboxylic acids is 2. The predicted octanol–water partition coefficient (Wildman–Crippen LogP) is 6.23. The average molecular weight is 637 g/mol. The summed E-state index contributed by atoms with van der Waals surface area (Å²) in [6, 6.07) is 18.8. The highest BCUT2D eigenvalue weighted by Crippen LogP contribution is 2.31. The van der Waals surface area contributed by atoms with Gasteiger partial charge in [0.15, 0.2) is 0 Å². The first-order chi connectivity index (χ1) is 19.6. The molecule has 0 aliphatic heterocycles. The number of benzene rings is 3. The van der Waals surface area contributed by atoms with Crippen molar-refractivity contribution in [3.63, 3.8) is 0 Å². The zero-order chi connectivity index (χ0) is 31.1. The molecule has 0 saturated heterocycles. The maximum atomic E-state index is 13.9. The molecule has 3 aromatic carbocycles. The third-order valence-electron chi connectivity index (χ3n) is 6.36. The normalized spacial score (nSPS) is 12.5. The Kier molecular flexibility index (Phi) is 11.4. The number of halogens is 3. The van der Waals surface area contributed by atoms with Crippen molar-refractivity contribution in [2.24, 2.45) is 0 Å². The van der Waals surface area contributed by atoms with Crippen molar-refractivity contribution in [2.45, 2.75) is 58.2 Å². The summed E-state index contributed by atoms with van der Waals surface area (Å²) in [6.45, 7) is 5.60. The van der Waals surface area contributed by atoms with E-state index in [1.807, 2.05) is 51.1 Å². The van der Waals surface area contributed by atoms with Crippen molar-refractivity contribution < 1.29 is 22.4 Å². The molecule has 0 spiro atoms. The maximum Gasteiger partial charge on any atom is 0.243 e. The molecule has 3 aromatic rings. The summed E-state index contributed by atoms with van der Waals surface area (Å²) in [7, 11) is -3.75. The van der Waals surface area contributed by atoms with Crippen LogP contribution in [0.25, 0.3) is 0 Å². The molecule has 3 rings (SSSR count). The Bertz CT molecular complexity index is 1480. The summed E-state index contributed by atoms with van der Waals surface area (Å²) < 4.78 is 40.1. The molecule has 0 saturated carbocycles. The van der Waals surface area contributed by atoms with Crippen molar-refractivity contribution in [3.05, 3.63) is 99.8 Å². The lowest BCUT2D eigenvalue weighted by Crippen LogP contribution is -2.54. The first kappa shape index (κ1) is 33.4. The van der Waals surface area contributed by atoms with Crippen LogP contribution in [0.4, 0.5) is 10.1 Å². The minimum atomic E-state index is -3.75. The minimum absolute atomic E-state index is 0.0352. The molecule has 0 fully saturated rings. The number of carbonyl (C=O) groups is 2. The van der Waals surface area contributed by atoms with E-state index in [1.54, 1.807) is 18.2 Å². The molecule has 0 unspecified atom stereocenters. The van der Waals surface area contributed by atoms with E-state index >= 15 is 0 Å². The lowest BCUT2D eigenvalue weighted by molar-refractivity contribution is -0.142. The van der Waals surface area contributed by atoms with Gasteiger partial charge in [-0.05, 0) is 68.7 Å². The standard InChI is InChI=1S/C31H36Cl2FN3O4S/c1-31(2,3)35-30(39)28(19-22-9-6-5-7-10-22)36(21-23-12-15-25(34)16-13-23)29(38)11-8-18-37(42(4,40)41)27-20-24(32)14-17-26(27)33/h5-7,9-10,12-17,20,28H,8,11,18-19,21H2,1-4H3,(H,35,39)/t28-/m1/s1. The number of rotatable bonds is 12. The molecule has 2 amide bonds. The van der Waals surface area contributed by atoms with E-state index in [2.05, 4.69) is 5.32 Å². The van der Waals surface area contributed by atoms with Gasteiger partial charge in [0.2, 0.25) is 21.8 Å². The number of anilines is 1. The van der Waals surface area contributed by atoms with Crippen LogP contribution in [0.3, 0.4) is 0 Å². The number of nitrogens with zero attached hydrogens (tertiary/aromatic N) is 2. The SMILES string of the molecule is CC(C)(C)NC(=O)[C@@H](Cc1ccccc1)N(Cc1ccc(F)cc1)C(=O)CCCN(c1cc(Cl)ccc1Cl)S(C)(=O)=O. The van der Waals surface area contributed by atoms with E-state index in [9.17, 15) is 22.4 Å². The lowest BCUT2D eigenvalue weighted by Gasteiger charge is -2.34. The van der Waals surface area contributed by atoms with Gasteiger partial charge in [0.25, 0.3) is 0 Å². The van der Waals surface area contributed by atoms with Crippen LogP contribution in [-0.4, -0.2) is 49.5 Å². The fraction of sp³-hybridized carbons (Fsp3) is 0.355. The monoisotopic (exact) mass is 635 g/mol. The number of nitrogens with one attached hydrogen (secondary N) is 1. The second-order valence-electron chi connectivity index (χ2n) is 11.1. The second-order valence-corrected chi connectivity index (χ2v) is 13.9. The van der Waals surface area contributed by atoms with E-state index in [0.29, 0.717) is 10.6 Å².